The van der Waals surface area contributed by atoms with E-state index in [1.807, 2.05) is 4.90 Å². The number of hydrogen-bond acceptors (Lipinski definition) is 6. The Hall–Kier alpha value is -2.40. The van der Waals surface area contributed by atoms with Crippen LogP contribution in [0.1, 0.15) is 10.6 Å². The Morgan fingerprint density at radius 1 is 1.17 bits per heavy atom. The van der Waals surface area contributed by atoms with Crippen molar-refractivity contribution in [1.29, 1.82) is 0 Å². The van der Waals surface area contributed by atoms with E-state index in [-0.39, 0.29) is 34.0 Å². The van der Waals surface area contributed by atoms with Crippen LogP contribution in [0.3, 0.4) is 0 Å². The van der Waals surface area contributed by atoms with Crippen molar-refractivity contribution in [3.8, 4) is 0 Å². The van der Waals surface area contributed by atoms with Crippen molar-refractivity contribution in [2.24, 2.45) is 0 Å². The molecule has 1 aromatic heterocycles. The zero-order valence-corrected chi connectivity index (χ0v) is 18.2. The molecule has 0 unspecified atom stereocenters. The first-order valence-electron chi connectivity index (χ1n) is 9.25. The molecular formula is C19H23ClN4O5S. The molecule has 0 saturated carbocycles. The van der Waals surface area contributed by atoms with Gasteiger partial charge in [-0.3, -0.25) is 14.5 Å². The van der Waals surface area contributed by atoms with Gasteiger partial charge < -0.3 is 14.6 Å². The highest BCUT2D eigenvalue weighted by Crippen LogP contribution is 2.26. The Balaban J connectivity index is 1.57. The third-order valence-electron chi connectivity index (χ3n) is 4.75. The number of nitrogens with zero attached hydrogens (tertiary/aromatic N) is 3. The smallest absolute Gasteiger partial charge is 0.289 e. The third kappa shape index (κ3) is 5.01. The molecule has 0 spiro atoms. The second-order valence-electron chi connectivity index (χ2n) is 7.02. The lowest BCUT2D eigenvalue weighted by Crippen LogP contribution is -2.50. The number of benzene rings is 1. The van der Waals surface area contributed by atoms with Crippen LogP contribution in [0.4, 0.5) is 5.69 Å². The highest BCUT2D eigenvalue weighted by molar-refractivity contribution is 7.89. The van der Waals surface area contributed by atoms with Gasteiger partial charge in [-0.2, -0.15) is 0 Å². The van der Waals surface area contributed by atoms with Crippen molar-refractivity contribution in [1.82, 2.24) is 14.1 Å². The summed E-state index contributed by atoms with van der Waals surface area (Å²) in [5.74, 6) is -0.194. The summed E-state index contributed by atoms with van der Waals surface area (Å²) in [6.07, 6.45) is 1.46. The molecule has 30 heavy (non-hydrogen) atoms. The number of halogens is 1. The standard InChI is InChI=1S/C19H23ClN4O5S/c1-22(2)30(27,28)14-5-6-15(20)16(12-14)21-18(25)13-23-7-9-24(10-8-23)19(26)17-4-3-11-29-17/h3-6,11-12H,7-10,13H2,1-2H3,(H,21,25). The van der Waals surface area contributed by atoms with Crippen LogP contribution in [0.25, 0.3) is 0 Å². The van der Waals surface area contributed by atoms with Crippen LogP contribution >= 0.6 is 11.6 Å². The third-order valence-corrected chi connectivity index (χ3v) is 6.89. The van der Waals surface area contributed by atoms with E-state index < -0.39 is 10.0 Å². The molecule has 1 aliphatic rings. The van der Waals surface area contributed by atoms with Crippen molar-refractivity contribution in [2.45, 2.75) is 4.90 Å². The molecule has 0 aliphatic carbocycles. The van der Waals surface area contributed by atoms with Gasteiger partial charge in [0.1, 0.15) is 0 Å². The largest absolute Gasteiger partial charge is 0.459 e. The molecule has 162 valence electrons. The summed E-state index contributed by atoms with van der Waals surface area (Å²) in [7, 11) is -0.786. The number of rotatable bonds is 6. The molecule has 1 aliphatic heterocycles. The van der Waals surface area contributed by atoms with E-state index in [1.165, 1.54) is 38.6 Å². The predicted molar refractivity (Wildman–Crippen MR) is 112 cm³/mol. The van der Waals surface area contributed by atoms with Crippen LogP contribution in [0.5, 0.6) is 0 Å². The van der Waals surface area contributed by atoms with Gasteiger partial charge in [0.25, 0.3) is 5.91 Å². The summed E-state index contributed by atoms with van der Waals surface area (Å²) in [5.41, 5.74) is 0.233. The van der Waals surface area contributed by atoms with E-state index >= 15 is 0 Å². The van der Waals surface area contributed by atoms with Gasteiger partial charge in [0.2, 0.25) is 15.9 Å². The summed E-state index contributed by atoms with van der Waals surface area (Å²) >= 11 is 6.13. The minimum Gasteiger partial charge on any atom is -0.459 e. The van der Waals surface area contributed by atoms with Crippen molar-refractivity contribution >= 4 is 39.1 Å². The first-order valence-corrected chi connectivity index (χ1v) is 11.1. The van der Waals surface area contributed by atoms with Crippen molar-refractivity contribution in [3.63, 3.8) is 0 Å². The van der Waals surface area contributed by atoms with Gasteiger partial charge in [0, 0.05) is 40.3 Å². The maximum Gasteiger partial charge on any atom is 0.289 e. The fourth-order valence-electron chi connectivity index (χ4n) is 3.03. The average Bonchev–Trinajstić information content (AvgIpc) is 3.24. The molecule has 3 rings (SSSR count). The maximum atomic E-state index is 12.5. The summed E-state index contributed by atoms with van der Waals surface area (Å²) in [6.45, 7) is 2.11. The van der Waals surface area contributed by atoms with Crippen molar-refractivity contribution in [3.05, 3.63) is 47.4 Å². The Kier molecular flexibility index (Phi) is 6.81. The number of anilines is 1. The summed E-state index contributed by atoms with van der Waals surface area (Å²) < 4.78 is 30.8. The number of nitrogens with one attached hydrogen (secondary N) is 1. The zero-order chi connectivity index (χ0) is 21.9. The minimum atomic E-state index is -3.64. The zero-order valence-electron chi connectivity index (χ0n) is 16.7. The van der Waals surface area contributed by atoms with E-state index in [0.717, 1.165) is 4.31 Å². The van der Waals surface area contributed by atoms with Crippen LogP contribution in [0, 0.1) is 0 Å². The van der Waals surface area contributed by atoms with Crippen LogP contribution in [0.15, 0.2) is 45.9 Å². The molecule has 1 fully saturated rings. The van der Waals surface area contributed by atoms with Gasteiger partial charge in [0.05, 0.1) is 28.4 Å². The first-order chi connectivity index (χ1) is 14.2. The lowest BCUT2D eigenvalue weighted by atomic mass is 10.2. The molecule has 2 heterocycles. The topological polar surface area (TPSA) is 103 Å². The monoisotopic (exact) mass is 454 g/mol. The number of hydrogen-bond donors (Lipinski definition) is 1. The lowest BCUT2D eigenvalue weighted by Gasteiger charge is -2.33. The van der Waals surface area contributed by atoms with Gasteiger partial charge in [-0.15, -0.1) is 0 Å². The summed E-state index contributed by atoms with van der Waals surface area (Å²) in [6, 6.07) is 7.46. The van der Waals surface area contributed by atoms with Crippen LogP contribution < -0.4 is 5.32 Å². The summed E-state index contributed by atoms with van der Waals surface area (Å²) in [5, 5.41) is 2.92. The molecule has 11 heteroatoms. The number of carbonyl (C=O) groups excluding carboxylic acids is 2. The Morgan fingerprint density at radius 2 is 1.87 bits per heavy atom. The molecule has 0 bridgehead atoms. The number of amides is 2. The highest BCUT2D eigenvalue weighted by Gasteiger charge is 2.25. The molecule has 0 radical (unpaired) electrons. The highest BCUT2D eigenvalue weighted by atomic mass is 35.5. The van der Waals surface area contributed by atoms with Crippen LogP contribution in [-0.2, 0) is 14.8 Å². The second kappa shape index (κ2) is 9.17. The Morgan fingerprint density at radius 3 is 2.47 bits per heavy atom. The van der Waals surface area contributed by atoms with Gasteiger partial charge >= 0.3 is 0 Å². The van der Waals surface area contributed by atoms with Gasteiger partial charge in [0.15, 0.2) is 5.76 Å². The van der Waals surface area contributed by atoms with Crippen molar-refractivity contribution < 1.29 is 22.4 Å². The van der Waals surface area contributed by atoms with Crippen molar-refractivity contribution in [2.75, 3.05) is 52.1 Å². The SMILES string of the molecule is CN(C)S(=O)(=O)c1ccc(Cl)c(NC(=O)CN2CCN(C(=O)c3ccco3)CC2)c1. The number of carbonyl (C=O) groups is 2. The van der Waals surface area contributed by atoms with E-state index in [9.17, 15) is 18.0 Å². The molecule has 2 amide bonds. The quantitative estimate of drug-likeness (QED) is 0.710. The maximum absolute atomic E-state index is 12.5. The van der Waals surface area contributed by atoms with Gasteiger partial charge in [-0.05, 0) is 30.3 Å². The molecular weight excluding hydrogens is 432 g/mol. The molecule has 1 saturated heterocycles. The molecule has 9 nitrogen and oxygen atoms in total. The molecule has 1 aromatic carbocycles. The second-order valence-corrected chi connectivity index (χ2v) is 9.58. The van der Waals surface area contributed by atoms with E-state index in [1.54, 1.807) is 17.0 Å². The molecule has 0 atom stereocenters. The normalized spacial score (nSPS) is 15.4. The number of piperazine rings is 1. The predicted octanol–water partition coefficient (Wildman–Crippen LogP) is 1.58. The average molecular weight is 455 g/mol. The number of sulfonamides is 1. The molecule has 2 aromatic rings. The van der Waals surface area contributed by atoms with E-state index in [2.05, 4.69) is 5.32 Å². The number of furan rings is 1. The first kappa shape index (κ1) is 22.3. The lowest BCUT2D eigenvalue weighted by molar-refractivity contribution is -0.117. The van der Waals surface area contributed by atoms with Crippen LogP contribution in [-0.4, -0.2) is 81.2 Å². The fraction of sp³-hybridized carbons (Fsp3) is 0.368. The Labute approximate surface area is 180 Å². The molecule has 1 N–H and O–H groups in total. The van der Waals surface area contributed by atoms with E-state index in [4.69, 9.17) is 16.0 Å². The van der Waals surface area contributed by atoms with Gasteiger partial charge in [-0.1, -0.05) is 11.6 Å². The Bertz CT molecular complexity index is 1020. The summed E-state index contributed by atoms with van der Waals surface area (Å²) in [4.78, 5) is 28.4. The fourth-order valence-corrected chi connectivity index (χ4v) is 4.12. The van der Waals surface area contributed by atoms with Crippen LogP contribution in [0.2, 0.25) is 5.02 Å². The van der Waals surface area contributed by atoms with E-state index in [0.29, 0.717) is 31.9 Å². The minimum absolute atomic E-state index is 0.0391. The van der Waals surface area contributed by atoms with Gasteiger partial charge in [-0.25, -0.2) is 12.7 Å².